The molecule has 2 nitrogen and oxygen atoms in total. The van der Waals surface area contributed by atoms with Gasteiger partial charge < -0.3 is 10.5 Å². The summed E-state index contributed by atoms with van der Waals surface area (Å²) < 4.78 is 6.67. The molecule has 3 heteroatoms. The van der Waals surface area contributed by atoms with E-state index in [2.05, 4.69) is 28.9 Å². The van der Waals surface area contributed by atoms with Crippen molar-refractivity contribution < 1.29 is 4.74 Å². The van der Waals surface area contributed by atoms with Gasteiger partial charge in [0.05, 0.1) is 6.61 Å². The molecule has 0 saturated carbocycles. The zero-order valence-corrected chi connectivity index (χ0v) is 9.80. The molecule has 2 rings (SSSR count). The Morgan fingerprint density at radius 3 is 3.07 bits per heavy atom. The van der Waals surface area contributed by atoms with Crippen LogP contribution in [0.5, 0.6) is 5.75 Å². The molecule has 0 radical (unpaired) electrons. The Morgan fingerprint density at radius 2 is 2.36 bits per heavy atom. The Bertz CT molecular complexity index is 353. The van der Waals surface area contributed by atoms with Crippen molar-refractivity contribution in [3.05, 3.63) is 28.2 Å². The highest BCUT2D eigenvalue weighted by molar-refractivity contribution is 9.10. The van der Waals surface area contributed by atoms with Crippen LogP contribution in [0.4, 0.5) is 0 Å². The summed E-state index contributed by atoms with van der Waals surface area (Å²) in [6.07, 6.45) is 0.998. The maximum Gasteiger partial charge on any atom is 0.124 e. The van der Waals surface area contributed by atoms with Crippen molar-refractivity contribution in [3.8, 4) is 5.75 Å². The van der Waals surface area contributed by atoms with Crippen molar-refractivity contribution in [2.75, 3.05) is 13.2 Å². The molecule has 0 aliphatic carbocycles. The smallest absolute Gasteiger partial charge is 0.124 e. The Balaban J connectivity index is 2.50. The fourth-order valence-corrected chi connectivity index (χ4v) is 2.19. The number of halogens is 1. The van der Waals surface area contributed by atoms with Crippen molar-refractivity contribution in [1.29, 1.82) is 0 Å². The van der Waals surface area contributed by atoms with Crippen LogP contribution in [0.25, 0.3) is 0 Å². The topological polar surface area (TPSA) is 35.2 Å². The van der Waals surface area contributed by atoms with Gasteiger partial charge in [0, 0.05) is 22.0 Å². The van der Waals surface area contributed by atoms with Gasteiger partial charge in [-0.1, -0.05) is 28.9 Å². The van der Waals surface area contributed by atoms with E-state index < -0.39 is 0 Å². The minimum Gasteiger partial charge on any atom is -0.493 e. The molecular weight excluding hydrogens is 242 g/mol. The van der Waals surface area contributed by atoms with Gasteiger partial charge in [-0.15, -0.1) is 0 Å². The van der Waals surface area contributed by atoms with E-state index in [-0.39, 0.29) is 5.41 Å². The molecule has 0 spiro atoms. The van der Waals surface area contributed by atoms with Gasteiger partial charge in [-0.2, -0.15) is 0 Å². The second kappa shape index (κ2) is 3.55. The van der Waals surface area contributed by atoms with Crippen LogP contribution in [0.15, 0.2) is 22.7 Å². The van der Waals surface area contributed by atoms with Crippen molar-refractivity contribution in [3.63, 3.8) is 0 Å². The quantitative estimate of drug-likeness (QED) is 0.837. The van der Waals surface area contributed by atoms with Gasteiger partial charge >= 0.3 is 0 Å². The van der Waals surface area contributed by atoms with Crippen LogP contribution in [-0.4, -0.2) is 13.2 Å². The van der Waals surface area contributed by atoms with Crippen LogP contribution in [0.3, 0.4) is 0 Å². The number of rotatable bonds is 1. The van der Waals surface area contributed by atoms with Gasteiger partial charge in [-0.3, -0.25) is 0 Å². The second-order valence-corrected chi connectivity index (χ2v) is 4.92. The summed E-state index contributed by atoms with van der Waals surface area (Å²) in [5.41, 5.74) is 7.13. The number of fused-ring (bicyclic) bond motifs is 1. The van der Waals surface area contributed by atoms with Crippen molar-refractivity contribution in [2.24, 2.45) is 5.73 Å². The minimum atomic E-state index is 0.0777. The van der Waals surface area contributed by atoms with E-state index in [4.69, 9.17) is 10.5 Å². The van der Waals surface area contributed by atoms with Crippen molar-refractivity contribution in [1.82, 2.24) is 0 Å². The zero-order chi connectivity index (χ0) is 10.2. The molecule has 1 aliphatic heterocycles. The number of hydrogen-bond donors (Lipinski definition) is 1. The lowest BCUT2D eigenvalue weighted by molar-refractivity contribution is 0.227. The van der Waals surface area contributed by atoms with E-state index in [0.717, 1.165) is 23.2 Å². The number of benzene rings is 1. The number of nitrogens with two attached hydrogens (primary N) is 1. The normalized spacial score (nSPS) is 25.4. The summed E-state index contributed by atoms with van der Waals surface area (Å²) in [6, 6.07) is 6.16. The Morgan fingerprint density at radius 1 is 1.57 bits per heavy atom. The third kappa shape index (κ3) is 1.55. The Hall–Kier alpha value is -0.540. The molecule has 0 saturated heterocycles. The SMILES string of the molecule is CC1(CN)CCOc2cc(Br)ccc21. The summed E-state index contributed by atoms with van der Waals surface area (Å²) in [5.74, 6) is 0.971. The first-order chi connectivity index (χ1) is 6.65. The van der Waals surface area contributed by atoms with Gasteiger partial charge in [0.25, 0.3) is 0 Å². The Labute approximate surface area is 92.6 Å². The molecule has 1 unspecified atom stereocenters. The molecular formula is C11H14BrNO. The molecule has 0 bridgehead atoms. The first kappa shape index (κ1) is 9.99. The lowest BCUT2D eigenvalue weighted by Gasteiger charge is -2.34. The summed E-state index contributed by atoms with van der Waals surface area (Å²) in [6.45, 7) is 3.63. The second-order valence-electron chi connectivity index (χ2n) is 4.00. The fraction of sp³-hybridized carbons (Fsp3) is 0.455. The molecule has 2 N–H and O–H groups in total. The van der Waals surface area contributed by atoms with Crippen LogP contribution in [-0.2, 0) is 5.41 Å². The molecule has 1 aromatic carbocycles. The Kier molecular flexibility index (Phi) is 2.54. The van der Waals surface area contributed by atoms with Gasteiger partial charge in [-0.05, 0) is 18.6 Å². The van der Waals surface area contributed by atoms with E-state index in [1.165, 1.54) is 5.56 Å². The number of ether oxygens (including phenoxy) is 1. The molecule has 14 heavy (non-hydrogen) atoms. The van der Waals surface area contributed by atoms with Crippen LogP contribution in [0.2, 0.25) is 0 Å². The minimum absolute atomic E-state index is 0.0777. The molecule has 0 aromatic heterocycles. The maximum absolute atomic E-state index is 5.82. The van der Waals surface area contributed by atoms with Gasteiger partial charge in [0.15, 0.2) is 0 Å². The third-order valence-corrected chi connectivity index (χ3v) is 3.45. The predicted octanol–water partition coefficient (Wildman–Crippen LogP) is 2.45. The van der Waals surface area contributed by atoms with E-state index >= 15 is 0 Å². The molecule has 1 aliphatic rings. The fourth-order valence-electron chi connectivity index (χ4n) is 1.85. The zero-order valence-electron chi connectivity index (χ0n) is 8.22. The highest BCUT2D eigenvalue weighted by atomic mass is 79.9. The van der Waals surface area contributed by atoms with Crippen LogP contribution in [0, 0.1) is 0 Å². The highest BCUT2D eigenvalue weighted by Crippen LogP contribution is 2.39. The average molecular weight is 256 g/mol. The predicted molar refractivity (Wildman–Crippen MR) is 60.7 cm³/mol. The van der Waals surface area contributed by atoms with E-state index in [0.29, 0.717) is 6.54 Å². The van der Waals surface area contributed by atoms with Gasteiger partial charge in [0.2, 0.25) is 0 Å². The molecule has 1 aromatic rings. The standard InChI is InChI=1S/C11H14BrNO/c1-11(7-13)4-5-14-10-6-8(12)2-3-9(10)11/h2-3,6H,4-5,7,13H2,1H3. The van der Waals surface area contributed by atoms with Gasteiger partial charge in [0.1, 0.15) is 5.75 Å². The van der Waals surface area contributed by atoms with Crippen LogP contribution >= 0.6 is 15.9 Å². The van der Waals surface area contributed by atoms with E-state index in [1.54, 1.807) is 0 Å². The van der Waals surface area contributed by atoms with Crippen molar-refractivity contribution in [2.45, 2.75) is 18.8 Å². The lowest BCUT2D eigenvalue weighted by Crippen LogP contribution is -2.36. The first-order valence-corrected chi connectivity index (χ1v) is 5.58. The monoisotopic (exact) mass is 255 g/mol. The lowest BCUT2D eigenvalue weighted by atomic mass is 9.78. The average Bonchev–Trinajstić information content (AvgIpc) is 2.18. The van der Waals surface area contributed by atoms with Crippen molar-refractivity contribution >= 4 is 15.9 Å². The first-order valence-electron chi connectivity index (χ1n) is 4.79. The van der Waals surface area contributed by atoms with Gasteiger partial charge in [-0.25, -0.2) is 0 Å². The number of hydrogen-bond acceptors (Lipinski definition) is 2. The van der Waals surface area contributed by atoms with E-state index in [9.17, 15) is 0 Å². The molecule has 1 atom stereocenters. The highest BCUT2D eigenvalue weighted by Gasteiger charge is 2.31. The van der Waals surface area contributed by atoms with Crippen LogP contribution in [0.1, 0.15) is 18.9 Å². The third-order valence-electron chi connectivity index (χ3n) is 2.96. The molecule has 1 heterocycles. The summed E-state index contributed by atoms with van der Waals surface area (Å²) >= 11 is 3.44. The largest absolute Gasteiger partial charge is 0.493 e. The maximum atomic E-state index is 5.82. The molecule has 76 valence electrons. The van der Waals surface area contributed by atoms with E-state index in [1.807, 2.05) is 12.1 Å². The summed E-state index contributed by atoms with van der Waals surface area (Å²) in [4.78, 5) is 0. The molecule has 0 amide bonds. The summed E-state index contributed by atoms with van der Waals surface area (Å²) in [5, 5.41) is 0. The summed E-state index contributed by atoms with van der Waals surface area (Å²) in [7, 11) is 0. The van der Waals surface area contributed by atoms with Crippen LogP contribution < -0.4 is 10.5 Å². The molecule has 0 fully saturated rings.